The zero-order chi connectivity index (χ0) is 29.5. The Morgan fingerprint density at radius 1 is 1.12 bits per heavy atom. The summed E-state index contributed by atoms with van der Waals surface area (Å²) < 4.78 is 0. The smallest absolute Gasteiger partial charge is 0.209 e. The molecule has 0 bridgehead atoms. The maximum Gasteiger partial charge on any atom is 0.209 e. The molecule has 0 fully saturated rings. The molecule has 9 heteroatoms. The van der Waals surface area contributed by atoms with Crippen molar-refractivity contribution in [1.82, 2.24) is 10.2 Å². The number of likely N-dealkylation sites (N-methyl/N-ethyl adjacent to an activating group) is 1. The van der Waals surface area contributed by atoms with Gasteiger partial charge in [0, 0.05) is 29.0 Å². The van der Waals surface area contributed by atoms with Crippen LogP contribution in [0.25, 0.3) is 10.8 Å². The minimum atomic E-state index is -2.57. The van der Waals surface area contributed by atoms with Gasteiger partial charge >= 0.3 is 0 Å². The number of phenols is 1. The van der Waals surface area contributed by atoms with Crippen LogP contribution in [-0.2, 0) is 22.6 Å². The molecule has 40 heavy (non-hydrogen) atoms. The van der Waals surface area contributed by atoms with Gasteiger partial charge in [-0.2, -0.15) is 0 Å². The van der Waals surface area contributed by atoms with Gasteiger partial charge in [0.2, 0.25) is 5.78 Å². The number of aliphatic hydroxyl groups excluding tert-OH is 2. The average molecular weight is 549 g/mol. The maximum absolute atomic E-state index is 13.9. The molecule has 0 saturated carbocycles. The van der Waals surface area contributed by atoms with Gasteiger partial charge in [0.1, 0.15) is 22.8 Å². The number of aromatic hydroxyl groups is 1. The summed E-state index contributed by atoms with van der Waals surface area (Å²) in [5.74, 6) is -5.58. The van der Waals surface area contributed by atoms with E-state index < -0.39 is 57.9 Å². The second-order valence-corrected chi connectivity index (χ2v) is 12.6. The van der Waals surface area contributed by atoms with E-state index in [1.165, 1.54) is 0 Å². The second-order valence-electron chi connectivity index (χ2n) is 12.6. The van der Waals surface area contributed by atoms with Crippen LogP contribution in [0.5, 0.6) is 5.75 Å². The third-order valence-electron chi connectivity index (χ3n) is 8.52. The molecule has 0 spiro atoms. The SMILES string of the molecule is CC(=O)C1=C(O)[C@@H](N(C)C)[C@@H]2C[C@@H]3Cc4cc5ccc(CNC(C)(C)C)cc5c(O)c4C(=O)C3=C(O)[C@]2(O)C1=O. The highest BCUT2D eigenvalue weighted by Crippen LogP contribution is 2.52. The Balaban J connectivity index is 1.65. The average Bonchev–Trinajstić information content (AvgIpc) is 2.84. The first-order chi connectivity index (χ1) is 18.6. The number of phenolic OH excluding ortho intramolecular Hbond substituents is 1. The van der Waals surface area contributed by atoms with Gasteiger partial charge in [-0.25, -0.2) is 0 Å². The lowest BCUT2D eigenvalue weighted by atomic mass is 9.58. The number of rotatable bonds is 4. The number of ketones is 3. The molecule has 212 valence electrons. The van der Waals surface area contributed by atoms with Gasteiger partial charge in [0.05, 0.1) is 11.6 Å². The Morgan fingerprint density at radius 2 is 1.80 bits per heavy atom. The number of nitrogens with one attached hydrogen (secondary N) is 1. The molecule has 3 aliphatic carbocycles. The molecule has 0 heterocycles. The summed E-state index contributed by atoms with van der Waals surface area (Å²) in [4.78, 5) is 41.4. The maximum atomic E-state index is 13.9. The number of hydrogen-bond acceptors (Lipinski definition) is 9. The standard InChI is InChI=1S/C31H36N2O7/c1-14(34)21-27(37)24(33(5)6)20-12-18-11-17-10-16-8-7-15(13-32-30(2,3)4)9-19(16)25(35)22(17)26(36)23(18)29(39)31(20,40)28(21)38/h7-10,18,20,24,32,35,37,39-40H,11-13H2,1-6H3/t18-,20-,24-,31+/m0/s1. The van der Waals surface area contributed by atoms with Crippen molar-refractivity contribution in [3.63, 3.8) is 0 Å². The Kier molecular flexibility index (Phi) is 6.48. The molecule has 5 N–H and O–H groups in total. The fourth-order valence-corrected chi connectivity index (χ4v) is 6.64. The highest BCUT2D eigenvalue weighted by molar-refractivity contribution is 6.25. The first kappa shape index (κ1) is 28.0. The zero-order valence-corrected chi connectivity index (χ0v) is 23.6. The highest BCUT2D eigenvalue weighted by Gasteiger charge is 2.63. The lowest BCUT2D eigenvalue weighted by Gasteiger charge is -2.50. The summed E-state index contributed by atoms with van der Waals surface area (Å²) in [6.07, 6.45) is 0.378. The normalized spacial score (nSPS) is 26.8. The molecule has 0 aromatic heterocycles. The van der Waals surface area contributed by atoms with Crippen molar-refractivity contribution in [2.75, 3.05) is 14.1 Å². The summed E-state index contributed by atoms with van der Waals surface area (Å²) in [6, 6.07) is 6.61. The van der Waals surface area contributed by atoms with Crippen molar-refractivity contribution in [3.05, 3.63) is 63.6 Å². The van der Waals surface area contributed by atoms with Crippen LogP contribution in [0.2, 0.25) is 0 Å². The fraction of sp³-hybridized carbons (Fsp3) is 0.452. The number of carbonyl (C=O) groups is 3. The number of fused-ring (bicyclic) bond motifs is 4. The van der Waals surface area contributed by atoms with E-state index in [2.05, 4.69) is 5.32 Å². The number of carbonyl (C=O) groups excluding carboxylic acids is 3. The van der Waals surface area contributed by atoms with Crippen LogP contribution < -0.4 is 5.32 Å². The van der Waals surface area contributed by atoms with Crippen LogP contribution in [0.3, 0.4) is 0 Å². The molecule has 9 nitrogen and oxygen atoms in total. The summed E-state index contributed by atoms with van der Waals surface area (Å²) in [5, 5.41) is 50.2. The predicted octanol–water partition coefficient (Wildman–Crippen LogP) is 3.27. The quantitative estimate of drug-likeness (QED) is 0.363. The Morgan fingerprint density at radius 3 is 2.40 bits per heavy atom. The number of hydrogen-bond donors (Lipinski definition) is 5. The van der Waals surface area contributed by atoms with Crippen molar-refractivity contribution in [2.45, 2.75) is 64.3 Å². The van der Waals surface area contributed by atoms with Gasteiger partial charge in [0.25, 0.3) is 0 Å². The van der Waals surface area contributed by atoms with Crippen molar-refractivity contribution >= 4 is 28.1 Å². The van der Waals surface area contributed by atoms with E-state index in [0.29, 0.717) is 17.5 Å². The number of Topliss-reactive ketones (excluding diaryl/α,β-unsaturated/α-hetero) is 3. The molecular weight excluding hydrogens is 512 g/mol. The van der Waals surface area contributed by atoms with Crippen LogP contribution in [0.15, 0.2) is 46.9 Å². The lowest BCUT2D eigenvalue weighted by molar-refractivity contribution is -0.148. The van der Waals surface area contributed by atoms with Crippen LogP contribution in [0.1, 0.15) is 55.6 Å². The molecule has 5 rings (SSSR count). The summed E-state index contributed by atoms with van der Waals surface area (Å²) in [7, 11) is 3.28. The molecule has 0 amide bonds. The molecule has 0 unspecified atom stereocenters. The van der Waals surface area contributed by atoms with Gasteiger partial charge in [-0.15, -0.1) is 0 Å². The highest BCUT2D eigenvalue weighted by atomic mass is 16.3. The van der Waals surface area contributed by atoms with E-state index in [9.17, 15) is 34.8 Å². The summed E-state index contributed by atoms with van der Waals surface area (Å²) in [5.41, 5.74) is -1.85. The minimum absolute atomic E-state index is 0.0332. The van der Waals surface area contributed by atoms with Crippen LogP contribution in [0, 0.1) is 11.8 Å². The number of aliphatic hydroxyl groups is 3. The number of allylic oxidation sites excluding steroid dienone is 1. The first-order valence-corrected chi connectivity index (χ1v) is 13.5. The molecule has 2 aromatic rings. The Labute approximate surface area is 232 Å². The third kappa shape index (κ3) is 4.06. The Hall–Kier alpha value is -3.53. The fourth-order valence-electron chi connectivity index (χ4n) is 6.64. The van der Waals surface area contributed by atoms with Gasteiger partial charge in [-0.05, 0) is 83.1 Å². The molecule has 3 aliphatic rings. The first-order valence-electron chi connectivity index (χ1n) is 13.5. The van der Waals surface area contributed by atoms with Gasteiger partial charge in [-0.1, -0.05) is 18.2 Å². The van der Waals surface area contributed by atoms with Crippen molar-refractivity contribution < 1.29 is 34.8 Å². The Bertz CT molecular complexity index is 1540. The monoisotopic (exact) mass is 548 g/mol. The molecule has 0 radical (unpaired) electrons. The molecule has 4 atom stereocenters. The number of benzene rings is 2. The van der Waals surface area contributed by atoms with Gasteiger partial charge < -0.3 is 25.7 Å². The molecular formula is C31H36N2O7. The van der Waals surface area contributed by atoms with E-state index >= 15 is 0 Å². The number of nitrogens with zero attached hydrogens (tertiary/aromatic N) is 1. The van der Waals surface area contributed by atoms with Crippen LogP contribution in [0.4, 0.5) is 0 Å². The van der Waals surface area contributed by atoms with Crippen LogP contribution in [-0.4, -0.2) is 74.0 Å². The van der Waals surface area contributed by atoms with Crippen LogP contribution >= 0.6 is 0 Å². The largest absolute Gasteiger partial charge is 0.510 e. The van der Waals surface area contributed by atoms with Crippen molar-refractivity contribution in [3.8, 4) is 5.75 Å². The van der Waals surface area contributed by atoms with E-state index in [0.717, 1.165) is 17.9 Å². The minimum Gasteiger partial charge on any atom is -0.510 e. The second kappa shape index (κ2) is 9.26. The molecule has 2 aromatic carbocycles. The van der Waals surface area contributed by atoms with E-state index in [4.69, 9.17) is 0 Å². The molecule has 0 saturated heterocycles. The lowest BCUT2D eigenvalue weighted by Crippen LogP contribution is -2.63. The van der Waals surface area contributed by atoms with Gasteiger partial charge in [-0.3, -0.25) is 19.3 Å². The van der Waals surface area contributed by atoms with Crippen molar-refractivity contribution in [2.24, 2.45) is 11.8 Å². The van der Waals surface area contributed by atoms with E-state index in [-0.39, 0.29) is 35.3 Å². The molecule has 0 aliphatic heterocycles. The predicted molar refractivity (Wildman–Crippen MR) is 149 cm³/mol. The van der Waals surface area contributed by atoms with Crippen molar-refractivity contribution in [1.29, 1.82) is 0 Å². The third-order valence-corrected chi connectivity index (χ3v) is 8.52. The summed E-state index contributed by atoms with van der Waals surface area (Å²) >= 11 is 0. The van der Waals surface area contributed by atoms with E-state index in [1.54, 1.807) is 19.0 Å². The van der Waals surface area contributed by atoms with Gasteiger partial charge in [0.15, 0.2) is 17.2 Å². The topological polar surface area (TPSA) is 147 Å². The zero-order valence-electron chi connectivity index (χ0n) is 23.6. The van der Waals surface area contributed by atoms with E-state index in [1.807, 2.05) is 45.0 Å². The summed E-state index contributed by atoms with van der Waals surface area (Å²) in [6.45, 7) is 7.81.